The molecule has 5 atom stereocenters. The molecule has 0 bridgehead atoms. The minimum Gasteiger partial charge on any atom is -0.383 e. The zero-order valence-electron chi connectivity index (χ0n) is 79.3. The lowest BCUT2D eigenvalue weighted by molar-refractivity contribution is -0.144. The molecule has 20 rings (SSSR count). The summed E-state index contributed by atoms with van der Waals surface area (Å²) in [6, 6.07) is 16.1. The van der Waals surface area contributed by atoms with Crippen LogP contribution in [0.4, 0.5) is 104 Å². The molecule has 15 heterocycles. The first-order valence-corrected chi connectivity index (χ1v) is 54.7. The number of carbonyl (C=O) groups excluding carboxylic acids is 1. The normalized spacial score (nSPS) is 21.7. The van der Waals surface area contributed by atoms with Crippen LogP contribution in [0.5, 0.6) is 0 Å². The summed E-state index contributed by atoms with van der Waals surface area (Å²) in [5.41, 5.74) is 71.0. The third-order valence-corrected chi connectivity index (χ3v) is 39.5. The third kappa shape index (κ3) is 24.1. The Morgan fingerprint density at radius 3 is 1.16 bits per heavy atom. The number of carbonyl (C=O) groups is 1. The highest BCUT2D eigenvalue weighted by atomic mass is 35.5. The summed E-state index contributed by atoms with van der Waals surface area (Å²) in [4.78, 5) is 77.8. The summed E-state index contributed by atoms with van der Waals surface area (Å²) >= 11 is 23.4. The Morgan fingerprint density at radius 2 is 0.747 bits per heavy atom. The van der Waals surface area contributed by atoms with Crippen LogP contribution >= 0.6 is 93.6 Å². The average molecular weight is 2200 g/mol. The van der Waals surface area contributed by atoms with Crippen LogP contribution in [0.15, 0.2) is 154 Å². The molecule has 53 heteroatoms. The first-order valence-electron chi connectivity index (χ1n) is 47.8. The molecular formula is C93H114Cl3F9N32O3S6. The van der Waals surface area contributed by atoms with Gasteiger partial charge in [0.25, 0.3) is 5.91 Å². The van der Waals surface area contributed by atoms with E-state index in [-0.39, 0.29) is 112 Å². The number of rotatable bonds is 16. The smallest absolute Gasteiger partial charge is 0.383 e. The Morgan fingerprint density at radius 1 is 0.356 bits per heavy atom. The van der Waals surface area contributed by atoms with Gasteiger partial charge in [-0.05, 0) is 198 Å². The Labute approximate surface area is 873 Å². The van der Waals surface area contributed by atoms with Crippen molar-refractivity contribution in [3.63, 3.8) is 0 Å². The van der Waals surface area contributed by atoms with E-state index in [9.17, 15) is 52.7 Å². The molecule has 10 fully saturated rings. The quantitative estimate of drug-likeness (QED) is 0.0400. The fourth-order valence-electron chi connectivity index (χ4n) is 21.5. The first-order chi connectivity index (χ1) is 69.4. The second-order valence-electron chi connectivity index (χ2n) is 38.3. The van der Waals surface area contributed by atoms with Crippen molar-refractivity contribution in [2.24, 2.45) is 56.1 Å². The highest BCUT2D eigenvalue weighted by Gasteiger charge is 2.55. The lowest BCUT2D eigenvalue weighted by Gasteiger charge is -2.42. The number of alkyl halides is 9. The Balaban J connectivity index is 0.000000131. The zero-order chi connectivity index (χ0) is 104. The lowest BCUT2D eigenvalue weighted by Crippen LogP contribution is -2.55. The summed E-state index contributed by atoms with van der Waals surface area (Å²) < 4.78 is 143. The minimum atomic E-state index is -4.65. The first kappa shape index (κ1) is 109. The van der Waals surface area contributed by atoms with Gasteiger partial charge in [-0.2, -0.15) is 49.5 Å². The maximum absolute atomic E-state index is 13.3. The lowest BCUT2D eigenvalue weighted by atomic mass is 9.74. The Kier molecular flexibility index (Phi) is 33.7. The van der Waals surface area contributed by atoms with E-state index < -0.39 is 56.1 Å². The highest BCUT2D eigenvalue weighted by molar-refractivity contribution is 8.00. The van der Waals surface area contributed by atoms with E-state index in [1.165, 1.54) is 98.2 Å². The summed E-state index contributed by atoms with van der Waals surface area (Å²) in [5.74, 6) is 3.06. The van der Waals surface area contributed by atoms with Gasteiger partial charge < -0.3 is 93.3 Å². The van der Waals surface area contributed by atoms with Gasteiger partial charge in [-0.15, -0.1) is 10.2 Å². The van der Waals surface area contributed by atoms with Crippen molar-refractivity contribution in [3.8, 4) is 0 Å². The number of nitrogen functional groups attached to an aromatic ring is 6. The SMILES string of the molecule is NC(=O)c1nc(Sc2cccnc2C(F)(F)F)c(N)nc1N1CCC2(CCC[C@@H]2N)CC1.Nc1nc(N2CCC3(CC2)C(N)CCS3(=O)=O)cnc1Sc1cccc(Cl)c1Cl.Nc1nc(N2CCC3(CCC[C@@H]3N)CC2)ncc1Sc1cccnc1C(F)(F)F.Nc1nc(N2CCC3(CCC[C@@H]3N)CC2)nnc1Sc1cccnc1C(F)(F)F.Nc1nc(N2CCC3(CCC[C@H]3N)CC2)cnc1Sc1ccnc(N)c1Cl. The van der Waals surface area contributed by atoms with Crippen LogP contribution in [-0.2, 0) is 28.4 Å². The number of sulfone groups is 1. The van der Waals surface area contributed by atoms with Gasteiger partial charge in [0.05, 0.1) is 42.9 Å². The maximum atomic E-state index is 13.3. The molecule has 35 nitrogen and oxygen atoms in total. The van der Waals surface area contributed by atoms with Gasteiger partial charge in [0.2, 0.25) is 11.9 Å². The Bertz CT molecular complexity index is 6300. The standard InChI is InChI=1S/C20H24F3N7OS.C19H23F3N6S.C18H21Cl2N5O2S2.C18H24ClN7S.C18H22F3N7S/c21-20(22,23)14-11(3-2-8-27-14)32-18-15(25)29-17(13(28-18)16(26)31)30-9-6-19(7-10-30)5-1-4-12(19)24;20-19(21,22)15-12(3-2-8-25-15)29-13-11-26-17(27-16(13)24)28-9-6-18(7-10-28)5-1-4-14(18)23;19-11-2-1-3-12(15(11)20)28-17-16(22)24-14(10-23-17)25-7-5-18(6-8-25)13(21)4-9-29(18,26)27;19-14-11(3-7-23-15(14)21)27-17-16(22)25-13(10-24-17)26-8-5-18(6-9-26)4-1-2-12(18)20;19-18(20,21)13-11(3-2-8-24-13)29-15-14(23)25-16(27-26-15)28-9-6-17(7-10-28)5-1-4-12(17)22/h2-3,8,12H,1,4-7,9-10,24H2,(H2,25,29)(H2,26,31);2-3,8,11,14H,1,4-7,9-10,23H2,(H2,24,26,27);1-3,10,13H,4-9,21H2,(H2,22,24);3,7,10,12H,1-2,4-6,8-9,20H2,(H2,21,23)(H2,22,25);2-3,8,12H,1,4-7,9-10,22H2,(H2,23,25,27)/t12-;14-;;2*12-/m00.10/s1. The average Bonchev–Trinajstić information content (AvgIpc) is 1.58. The van der Waals surface area contributed by atoms with Crippen molar-refractivity contribution in [1.82, 2.24) is 75.0 Å². The summed E-state index contributed by atoms with van der Waals surface area (Å²) in [7, 11) is -3.16. The number of benzene rings is 1. The van der Waals surface area contributed by atoms with Crippen LogP contribution in [0.25, 0.3) is 0 Å². The predicted molar refractivity (Wildman–Crippen MR) is 550 cm³/mol. The molecular weight excluding hydrogens is 2080 g/mol. The summed E-state index contributed by atoms with van der Waals surface area (Å²) in [6.45, 7) is 7.37. The zero-order valence-corrected chi connectivity index (χ0v) is 86.5. The number of pyridine rings is 4. The van der Waals surface area contributed by atoms with Crippen molar-refractivity contribution >= 4 is 174 Å². The molecule has 6 aliphatic heterocycles. The molecule has 146 heavy (non-hydrogen) atoms. The molecule has 10 aliphatic rings. The van der Waals surface area contributed by atoms with Crippen LogP contribution in [0.3, 0.4) is 0 Å². The predicted octanol–water partition coefficient (Wildman–Crippen LogP) is 15.6. The Hall–Kier alpha value is -9.84. The number of nitrogens with zero attached hydrogens (tertiary/aromatic N) is 20. The number of hydrogen-bond acceptors (Lipinski definition) is 39. The third-order valence-electron chi connectivity index (χ3n) is 30.1. The van der Waals surface area contributed by atoms with E-state index in [0.29, 0.717) is 122 Å². The number of piperidine rings is 5. The number of halogens is 12. The van der Waals surface area contributed by atoms with Gasteiger partial charge in [-0.3, -0.25) is 19.7 Å². The number of anilines is 11. The molecule has 1 amide bonds. The van der Waals surface area contributed by atoms with Crippen molar-refractivity contribution in [1.29, 1.82) is 0 Å². The fraction of sp³-hybridized carbons (Fsp3) is 0.505. The monoisotopic (exact) mass is 2190 g/mol. The maximum Gasteiger partial charge on any atom is 0.434 e. The van der Waals surface area contributed by atoms with E-state index in [2.05, 4.69) is 84.8 Å². The van der Waals surface area contributed by atoms with Crippen LogP contribution in [0.1, 0.15) is 175 Å². The number of primary amides is 1. The molecule has 9 aromatic heterocycles. The molecule has 1 aromatic carbocycles. The molecule has 0 radical (unpaired) electrons. The summed E-state index contributed by atoms with van der Waals surface area (Å²) in [6.07, 6.45) is 19.2. The molecule has 4 saturated carbocycles. The minimum absolute atomic E-state index is 0.0295. The van der Waals surface area contributed by atoms with E-state index in [1.54, 1.807) is 36.8 Å². The van der Waals surface area contributed by atoms with Gasteiger partial charge in [0.15, 0.2) is 66.7 Å². The van der Waals surface area contributed by atoms with E-state index in [4.69, 9.17) is 104 Å². The van der Waals surface area contributed by atoms with Crippen molar-refractivity contribution < 1.29 is 52.7 Å². The molecule has 10 aromatic rings. The van der Waals surface area contributed by atoms with Gasteiger partial charge in [-0.1, -0.05) is 125 Å². The molecule has 6 saturated heterocycles. The number of hydrogen-bond donors (Lipinski definition) is 12. The van der Waals surface area contributed by atoms with Crippen LogP contribution in [-0.4, -0.2) is 195 Å². The second kappa shape index (κ2) is 45.1. The fourth-order valence-corrected chi connectivity index (χ4v) is 28.8. The largest absolute Gasteiger partial charge is 0.434 e. The van der Waals surface area contributed by atoms with E-state index in [1.807, 2.05) is 20.8 Å². The highest BCUT2D eigenvalue weighted by Crippen LogP contribution is 2.54. The van der Waals surface area contributed by atoms with Gasteiger partial charge >= 0.3 is 18.5 Å². The van der Waals surface area contributed by atoms with Crippen LogP contribution in [0, 0.1) is 21.7 Å². The van der Waals surface area contributed by atoms with Crippen LogP contribution < -0.4 is 93.3 Å². The molecule has 1 unspecified atom stereocenters. The van der Waals surface area contributed by atoms with E-state index >= 15 is 0 Å². The number of nitrogens with two attached hydrogens (primary N) is 12. The topological polar surface area (TPSA) is 573 Å². The van der Waals surface area contributed by atoms with Crippen molar-refractivity contribution in [2.75, 3.05) is 130 Å². The molecule has 5 spiro atoms. The van der Waals surface area contributed by atoms with Gasteiger partial charge in [0.1, 0.15) is 38.3 Å². The van der Waals surface area contributed by atoms with Crippen LogP contribution in [0.2, 0.25) is 15.1 Å². The van der Waals surface area contributed by atoms with Crippen molar-refractivity contribution in [3.05, 3.63) is 142 Å². The van der Waals surface area contributed by atoms with Crippen molar-refractivity contribution in [2.45, 2.75) is 251 Å². The molecule has 24 N–H and O–H groups in total. The summed E-state index contributed by atoms with van der Waals surface area (Å²) in [5, 5.41) is 10.7. The second-order valence-corrected chi connectivity index (χ2v) is 47.1. The number of amides is 1. The molecule has 4 aliphatic carbocycles. The molecule has 784 valence electrons. The van der Waals surface area contributed by atoms with E-state index in [0.717, 1.165) is 193 Å². The van der Waals surface area contributed by atoms with Gasteiger partial charge in [0, 0.05) is 151 Å². The number of aromatic nitrogens is 15. The van der Waals surface area contributed by atoms with Gasteiger partial charge in [-0.25, -0.2) is 48.3 Å².